The number of piperazine rings is 1. The highest BCUT2D eigenvalue weighted by Crippen LogP contribution is 2.37. The van der Waals surface area contributed by atoms with Crippen molar-refractivity contribution in [2.75, 3.05) is 54.4 Å². The van der Waals surface area contributed by atoms with Crippen molar-refractivity contribution in [2.24, 2.45) is 0 Å². The molecule has 3 amide bonds. The van der Waals surface area contributed by atoms with Crippen LogP contribution in [0.5, 0.6) is 5.75 Å². The summed E-state index contributed by atoms with van der Waals surface area (Å²) in [6.45, 7) is 2.38. The molecule has 0 aliphatic carbocycles. The van der Waals surface area contributed by atoms with Gasteiger partial charge in [-0.25, -0.2) is 4.98 Å². The molecule has 2 fully saturated rings. The van der Waals surface area contributed by atoms with Crippen LogP contribution in [-0.2, 0) is 11.0 Å². The van der Waals surface area contributed by atoms with Crippen LogP contribution in [0.4, 0.5) is 30.6 Å². The normalized spacial score (nSPS) is 18.5. The van der Waals surface area contributed by atoms with Crippen LogP contribution in [0, 0.1) is 5.41 Å². The molecule has 12 nitrogen and oxygen atoms in total. The number of aromatic nitrogens is 2. The Morgan fingerprint density at radius 2 is 1.80 bits per heavy atom. The second-order valence-electron chi connectivity index (χ2n) is 10.8. The number of anilines is 3. The predicted octanol–water partition coefficient (Wildman–Crippen LogP) is 3.82. The van der Waals surface area contributed by atoms with Crippen LogP contribution in [0.15, 0.2) is 48.7 Å². The summed E-state index contributed by atoms with van der Waals surface area (Å²) in [4.78, 5) is 52.3. The number of carbonyl (C=O) groups excluding carboxylic acids is 3. The number of hydrogen-bond acceptors (Lipinski definition) is 10. The van der Waals surface area contributed by atoms with Crippen molar-refractivity contribution in [1.29, 1.82) is 5.41 Å². The second-order valence-corrected chi connectivity index (χ2v) is 11.2. The molecule has 3 aliphatic rings. The number of benzene rings is 2. The van der Waals surface area contributed by atoms with E-state index in [1.54, 1.807) is 30.5 Å². The van der Waals surface area contributed by atoms with Gasteiger partial charge in [0, 0.05) is 44.5 Å². The van der Waals surface area contributed by atoms with Gasteiger partial charge in [0.05, 0.1) is 34.1 Å². The van der Waals surface area contributed by atoms with Crippen LogP contribution in [0.25, 0.3) is 0 Å². The first-order valence-corrected chi connectivity index (χ1v) is 14.8. The summed E-state index contributed by atoms with van der Waals surface area (Å²) in [7, 11) is 0. The van der Waals surface area contributed by atoms with Crippen molar-refractivity contribution in [3.63, 3.8) is 0 Å². The number of halogens is 4. The van der Waals surface area contributed by atoms with Gasteiger partial charge in [0.15, 0.2) is 0 Å². The molecule has 3 N–H and O–H groups in total. The summed E-state index contributed by atoms with van der Waals surface area (Å²) in [5.41, 5.74) is -0.173. The monoisotopic (exact) mass is 656 g/mol. The summed E-state index contributed by atoms with van der Waals surface area (Å²) in [6, 6.07) is 9.36. The molecule has 0 saturated carbocycles. The van der Waals surface area contributed by atoms with Gasteiger partial charge >= 0.3 is 6.18 Å². The number of ether oxygens (including phenoxy) is 1. The molecule has 4 heterocycles. The van der Waals surface area contributed by atoms with Crippen molar-refractivity contribution in [3.8, 4) is 5.75 Å². The molecule has 1 unspecified atom stereocenters. The molecular formula is C30H28ClF3N8O4. The number of carbonyl (C=O) groups is 3. The van der Waals surface area contributed by atoms with Crippen LogP contribution >= 0.6 is 11.6 Å². The van der Waals surface area contributed by atoms with Crippen LogP contribution in [0.3, 0.4) is 0 Å². The zero-order valence-electron chi connectivity index (χ0n) is 24.2. The van der Waals surface area contributed by atoms with Crippen LogP contribution in [0.1, 0.15) is 39.1 Å². The SMILES string of the molecule is N=C1CCC(N2C(=O)c3cccc(OCCNc4nccc(N5CCN(c6ccc(Cl)c(C(F)(F)F)c6)CC5)n4)c3C2=O)C(=O)N1. The van der Waals surface area contributed by atoms with Crippen molar-refractivity contribution in [2.45, 2.75) is 25.1 Å². The van der Waals surface area contributed by atoms with E-state index in [9.17, 15) is 27.6 Å². The Labute approximate surface area is 266 Å². The molecule has 2 aromatic carbocycles. The fourth-order valence-electron chi connectivity index (χ4n) is 5.68. The zero-order chi connectivity index (χ0) is 32.6. The van der Waals surface area contributed by atoms with E-state index >= 15 is 0 Å². The average molecular weight is 657 g/mol. The van der Waals surface area contributed by atoms with E-state index in [1.165, 1.54) is 12.1 Å². The van der Waals surface area contributed by atoms with Crippen LogP contribution in [0.2, 0.25) is 5.02 Å². The van der Waals surface area contributed by atoms with Gasteiger partial charge in [-0.3, -0.25) is 24.7 Å². The largest absolute Gasteiger partial charge is 0.491 e. The van der Waals surface area contributed by atoms with E-state index < -0.39 is 35.5 Å². The van der Waals surface area contributed by atoms with Gasteiger partial charge in [-0.2, -0.15) is 18.2 Å². The summed E-state index contributed by atoms with van der Waals surface area (Å²) in [6.07, 6.45) is -2.52. The third-order valence-corrected chi connectivity index (χ3v) is 8.30. The molecule has 3 aromatic rings. The molecule has 16 heteroatoms. The van der Waals surface area contributed by atoms with Gasteiger partial charge in [0.1, 0.15) is 24.2 Å². The summed E-state index contributed by atoms with van der Waals surface area (Å²) < 4.78 is 45.8. The number of nitrogens with zero attached hydrogens (tertiary/aromatic N) is 5. The van der Waals surface area contributed by atoms with Gasteiger partial charge in [0.2, 0.25) is 11.9 Å². The molecule has 0 spiro atoms. The topological polar surface area (TPSA) is 144 Å². The average Bonchev–Trinajstić information content (AvgIpc) is 3.29. The van der Waals surface area contributed by atoms with Crippen molar-refractivity contribution < 1.29 is 32.3 Å². The number of amidine groups is 1. The third kappa shape index (κ3) is 6.14. The minimum Gasteiger partial charge on any atom is -0.491 e. The Kier molecular flexibility index (Phi) is 8.42. The lowest BCUT2D eigenvalue weighted by atomic mass is 10.0. The molecule has 3 aliphatic heterocycles. The Morgan fingerprint density at radius 3 is 2.54 bits per heavy atom. The molecule has 2 saturated heterocycles. The lowest BCUT2D eigenvalue weighted by Gasteiger charge is -2.37. The van der Waals surface area contributed by atoms with Gasteiger partial charge in [0.25, 0.3) is 11.8 Å². The Bertz CT molecular complexity index is 1710. The van der Waals surface area contributed by atoms with E-state index in [0.29, 0.717) is 43.6 Å². The first-order valence-electron chi connectivity index (χ1n) is 14.5. The quantitative estimate of drug-likeness (QED) is 0.244. The number of rotatable bonds is 8. The van der Waals surface area contributed by atoms with E-state index in [4.69, 9.17) is 21.7 Å². The van der Waals surface area contributed by atoms with Crippen molar-refractivity contribution >= 4 is 52.6 Å². The minimum atomic E-state index is -4.54. The van der Waals surface area contributed by atoms with E-state index in [1.807, 2.05) is 9.80 Å². The molecule has 1 atom stereocenters. The first-order chi connectivity index (χ1) is 22.0. The Balaban J connectivity index is 1.03. The maximum atomic E-state index is 13.3. The molecule has 6 rings (SSSR count). The number of amides is 3. The molecule has 46 heavy (non-hydrogen) atoms. The lowest BCUT2D eigenvalue weighted by Crippen LogP contribution is -2.54. The number of hydrogen-bond donors (Lipinski definition) is 3. The zero-order valence-corrected chi connectivity index (χ0v) is 25.0. The molecular weight excluding hydrogens is 629 g/mol. The predicted molar refractivity (Wildman–Crippen MR) is 163 cm³/mol. The fraction of sp³-hybridized carbons (Fsp3) is 0.333. The molecule has 0 radical (unpaired) electrons. The highest BCUT2D eigenvalue weighted by molar-refractivity contribution is 6.31. The lowest BCUT2D eigenvalue weighted by molar-refractivity contribution is -0.137. The third-order valence-electron chi connectivity index (χ3n) is 7.97. The minimum absolute atomic E-state index is 0.0478. The number of nitrogens with one attached hydrogen (secondary N) is 3. The van der Waals surface area contributed by atoms with Gasteiger partial charge < -0.3 is 25.2 Å². The molecule has 1 aromatic heterocycles. The Hall–Kier alpha value is -4.92. The number of imide groups is 1. The van der Waals surface area contributed by atoms with Crippen molar-refractivity contribution in [1.82, 2.24) is 20.2 Å². The maximum absolute atomic E-state index is 13.3. The van der Waals surface area contributed by atoms with Gasteiger partial charge in [-0.15, -0.1) is 0 Å². The summed E-state index contributed by atoms with van der Waals surface area (Å²) >= 11 is 5.77. The number of alkyl halides is 3. The van der Waals surface area contributed by atoms with Gasteiger partial charge in [-0.05, 0) is 42.8 Å². The number of piperidine rings is 1. The first kappa shape index (κ1) is 31.1. The highest BCUT2D eigenvalue weighted by Gasteiger charge is 2.45. The summed E-state index contributed by atoms with van der Waals surface area (Å²) in [5.74, 6) is -0.528. The van der Waals surface area contributed by atoms with Crippen molar-refractivity contribution in [3.05, 3.63) is 70.4 Å². The van der Waals surface area contributed by atoms with E-state index in [-0.39, 0.29) is 53.7 Å². The maximum Gasteiger partial charge on any atom is 0.417 e. The molecule has 0 bridgehead atoms. The molecule has 240 valence electrons. The smallest absolute Gasteiger partial charge is 0.417 e. The standard InChI is InChI=1S/C30H28ClF3N8O4/c31-20-5-4-17(16-19(20)30(32,33)34)40-11-13-41(14-12-40)24-8-9-36-29(39-24)37-10-15-46-22-3-1-2-18-25(22)28(45)42(27(18)44)21-6-7-23(35)38-26(21)43/h1-5,8-9,16,21H,6-7,10-15H2,(H2,35,38,43)(H,36,37,39). The van der Waals surface area contributed by atoms with E-state index in [2.05, 4.69) is 20.6 Å². The van der Waals surface area contributed by atoms with Crippen LogP contribution in [-0.4, -0.2) is 83.8 Å². The number of fused-ring (bicyclic) bond motifs is 1. The Morgan fingerprint density at radius 1 is 1.04 bits per heavy atom. The highest BCUT2D eigenvalue weighted by atomic mass is 35.5. The van der Waals surface area contributed by atoms with E-state index in [0.717, 1.165) is 11.0 Å². The summed E-state index contributed by atoms with van der Waals surface area (Å²) in [5, 5.41) is 12.8. The van der Waals surface area contributed by atoms with Gasteiger partial charge in [-0.1, -0.05) is 17.7 Å². The second kappa shape index (κ2) is 12.5. The fourth-order valence-corrected chi connectivity index (χ4v) is 5.91. The van der Waals surface area contributed by atoms with Crippen LogP contribution < -0.4 is 25.2 Å².